The molecule has 76 valence electrons. The van der Waals surface area contributed by atoms with E-state index in [1.165, 1.54) is 18.4 Å². The first-order valence-electron chi connectivity index (χ1n) is 5.00. The van der Waals surface area contributed by atoms with Crippen LogP contribution in [0.2, 0.25) is 0 Å². The number of fused-ring (bicyclic) bond motifs is 1. The fourth-order valence-electron chi connectivity index (χ4n) is 1.89. The molecule has 1 saturated carbocycles. The van der Waals surface area contributed by atoms with Gasteiger partial charge in [-0.1, -0.05) is 0 Å². The van der Waals surface area contributed by atoms with Crippen molar-refractivity contribution >= 4 is 16.9 Å². The van der Waals surface area contributed by atoms with Gasteiger partial charge in [-0.2, -0.15) is 0 Å². The normalized spacial score (nSPS) is 15.7. The fraction of sp³-hybridized carbons (Fsp3) is 0.250. The van der Waals surface area contributed by atoms with E-state index >= 15 is 0 Å². The first kappa shape index (κ1) is 8.53. The topological polar surface area (TPSA) is 50.4 Å². The highest BCUT2D eigenvalue weighted by Gasteiger charge is 2.27. The Labute approximate surface area is 86.3 Å². The van der Waals surface area contributed by atoms with Crippen LogP contribution in [0.5, 0.6) is 0 Å². The molecule has 15 heavy (non-hydrogen) atoms. The standard InChI is InChI=1S/C12H10O3/c13-12(14)8-3-4-9-10(7-1-2-7)6-15-11(9)5-8/h3-7H,1-2H2,(H,13,14). The average molecular weight is 202 g/mol. The monoisotopic (exact) mass is 202 g/mol. The Hall–Kier alpha value is -1.77. The predicted molar refractivity (Wildman–Crippen MR) is 55.1 cm³/mol. The lowest BCUT2D eigenvalue weighted by atomic mass is 10.1. The Kier molecular flexibility index (Phi) is 1.63. The highest BCUT2D eigenvalue weighted by molar-refractivity contribution is 5.93. The van der Waals surface area contributed by atoms with Crippen LogP contribution in [-0.2, 0) is 0 Å². The molecule has 1 N–H and O–H groups in total. The molecule has 0 spiro atoms. The molecular weight excluding hydrogens is 192 g/mol. The summed E-state index contributed by atoms with van der Waals surface area (Å²) in [5.74, 6) is -0.289. The zero-order valence-corrected chi connectivity index (χ0v) is 8.06. The first-order chi connectivity index (χ1) is 7.25. The van der Waals surface area contributed by atoms with E-state index in [9.17, 15) is 4.79 Å². The summed E-state index contributed by atoms with van der Waals surface area (Å²) in [5.41, 5.74) is 2.18. The molecule has 0 aliphatic heterocycles. The van der Waals surface area contributed by atoms with Crippen molar-refractivity contribution in [2.45, 2.75) is 18.8 Å². The smallest absolute Gasteiger partial charge is 0.335 e. The van der Waals surface area contributed by atoms with Gasteiger partial charge in [-0.15, -0.1) is 0 Å². The lowest BCUT2D eigenvalue weighted by Gasteiger charge is -1.95. The second-order valence-corrected chi connectivity index (χ2v) is 3.98. The van der Waals surface area contributed by atoms with E-state index in [0.29, 0.717) is 11.5 Å². The lowest BCUT2D eigenvalue weighted by Crippen LogP contribution is -1.94. The minimum atomic E-state index is -0.915. The Morgan fingerprint density at radius 3 is 2.87 bits per heavy atom. The molecule has 0 amide bonds. The fourth-order valence-corrected chi connectivity index (χ4v) is 1.89. The number of hydrogen-bond acceptors (Lipinski definition) is 2. The van der Waals surface area contributed by atoms with Gasteiger partial charge in [0.25, 0.3) is 0 Å². The van der Waals surface area contributed by atoms with Crippen molar-refractivity contribution in [1.29, 1.82) is 0 Å². The summed E-state index contributed by atoms with van der Waals surface area (Å²) in [6, 6.07) is 5.06. The zero-order valence-electron chi connectivity index (χ0n) is 8.06. The van der Waals surface area contributed by atoms with Gasteiger partial charge < -0.3 is 9.52 Å². The van der Waals surface area contributed by atoms with Crippen molar-refractivity contribution in [2.24, 2.45) is 0 Å². The summed E-state index contributed by atoms with van der Waals surface area (Å²) in [5, 5.41) is 9.89. The highest BCUT2D eigenvalue weighted by Crippen LogP contribution is 2.43. The molecule has 3 heteroatoms. The Balaban J connectivity index is 2.17. The van der Waals surface area contributed by atoms with Crippen molar-refractivity contribution in [3.05, 3.63) is 35.6 Å². The van der Waals surface area contributed by atoms with E-state index in [-0.39, 0.29) is 5.56 Å². The number of carbonyl (C=O) groups is 1. The summed E-state index contributed by atoms with van der Waals surface area (Å²) >= 11 is 0. The third-order valence-corrected chi connectivity index (χ3v) is 2.87. The predicted octanol–water partition coefficient (Wildman–Crippen LogP) is 3.01. The maximum absolute atomic E-state index is 10.8. The summed E-state index contributed by atoms with van der Waals surface area (Å²) in [6.45, 7) is 0. The van der Waals surface area contributed by atoms with Gasteiger partial charge in [-0.25, -0.2) is 4.79 Å². The highest BCUT2D eigenvalue weighted by atomic mass is 16.4. The van der Waals surface area contributed by atoms with Crippen LogP contribution in [0.4, 0.5) is 0 Å². The minimum Gasteiger partial charge on any atom is -0.478 e. The quantitative estimate of drug-likeness (QED) is 0.814. The van der Waals surface area contributed by atoms with E-state index in [4.69, 9.17) is 9.52 Å². The van der Waals surface area contributed by atoms with Gasteiger partial charge in [0.2, 0.25) is 0 Å². The molecule has 0 bridgehead atoms. The van der Waals surface area contributed by atoms with Crippen molar-refractivity contribution in [3.63, 3.8) is 0 Å². The van der Waals surface area contributed by atoms with Crippen LogP contribution in [-0.4, -0.2) is 11.1 Å². The van der Waals surface area contributed by atoms with Crippen molar-refractivity contribution < 1.29 is 14.3 Å². The Bertz CT molecular complexity index is 535. The molecule has 1 fully saturated rings. The molecule has 1 aliphatic rings. The van der Waals surface area contributed by atoms with E-state index in [0.717, 1.165) is 5.39 Å². The summed E-state index contributed by atoms with van der Waals surface area (Å²) in [7, 11) is 0. The summed E-state index contributed by atoms with van der Waals surface area (Å²) in [6.07, 6.45) is 4.19. The summed E-state index contributed by atoms with van der Waals surface area (Å²) in [4.78, 5) is 10.8. The molecular formula is C12H10O3. The van der Waals surface area contributed by atoms with Crippen LogP contribution in [0.25, 0.3) is 11.0 Å². The van der Waals surface area contributed by atoms with Gasteiger partial charge >= 0.3 is 5.97 Å². The Morgan fingerprint density at radius 1 is 1.40 bits per heavy atom. The maximum atomic E-state index is 10.8. The van der Waals surface area contributed by atoms with Crippen LogP contribution in [0.15, 0.2) is 28.9 Å². The number of carboxylic acids is 1. The van der Waals surface area contributed by atoms with Crippen molar-refractivity contribution in [3.8, 4) is 0 Å². The molecule has 3 nitrogen and oxygen atoms in total. The van der Waals surface area contributed by atoms with Crippen LogP contribution in [0.3, 0.4) is 0 Å². The summed E-state index contributed by atoms with van der Waals surface area (Å²) < 4.78 is 5.38. The molecule has 0 radical (unpaired) electrons. The van der Waals surface area contributed by atoms with E-state index in [1.807, 2.05) is 6.07 Å². The molecule has 1 aliphatic carbocycles. The van der Waals surface area contributed by atoms with Gasteiger partial charge in [-0.3, -0.25) is 0 Å². The number of furan rings is 1. The molecule has 0 atom stereocenters. The molecule has 1 aromatic carbocycles. The number of rotatable bonds is 2. The van der Waals surface area contributed by atoms with Gasteiger partial charge in [0.05, 0.1) is 11.8 Å². The molecule has 1 heterocycles. The van der Waals surface area contributed by atoms with Gasteiger partial charge in [0.1, 0.15) is 5.58 Å². The van der Waals surface area contributed by atoms with Crippen molar-refractivity contribution in [1.82, 2.24) is 0 Å². The van der Waals surface area contributed by atoms with Gasteiger partial charge in [-0.05, 0) is 37.0 Å². The second kappa shape index (κ2) is 2.86. The Morgan fingerprint density at radius 2 is 2.20 bits per heavy atom. The lowest BCUT2D eigenvalue weighted by molar-refractivity contribution is 0.0697. The van der Waals surface area contributed by atoms with Crippen LogP contribution >= 0.6 is 0 Å². The van der Waals surface area contributed by atoms with Crippen LogP contribution in [0, 0.1) is 0 Å². The first-order valence-corrected chi connectivity index (χ1v) is 5.00. The average Bonchev–Trinajstić information content (AvgIpc) is 2.98. The molecule has 3 rings (SSSR count). The van der Waals surface area contributed by atoms with Crippen molar-refractivity contribution in [2.75, 3.05) is 0 Å². The third-order valence-electron chi connectivity index (χ3n) is 2.87. The van der Waals surface area contributed by atoms with Gasteiger partial charge in [0.15, 0.2) is 0 Å². The number of benzene rings is 1. The second-order valence-electron chi connectivity index (χ2n) is 3.98. The minimum absolute atomic E-state index is 0.277. The van der Waals surface area contributed by atoms with E-state index in [1.54, 1.807) is 18.4 Å². The van der Waals surface area contributed by atoms with Crippen LogP contribution < -0.4 is 0 Å². The number of carboxylic acid groups (broad SMARTS) is 1. The largest absolute Gasteiger partial charge is 0.478 e. The number of hydrogen-bond donors (Lipinski definition) is 1. The third kappa shape index (κ3) is 1.31. The molecule has 0 saturated heterocycles. The molecule has 0 unspecified atom stereocenters. The number of aromatic carboxylic acids is 1. The van der Waals surface area contributed by atoms with E-state index < -0.39 is 5.97 Å². The molecule has 2 aromatic rings. The van der Waals surface area contributed by atoms with Crippen LogP contribution in [0.1, 0.15) is 34.7 Å². The molecule has 1 aromatic heterocycles. The zero-order chi connectivity index (χ0) is 10.4. The SMILES string of the molecule is O=C(O)c1ccc2c(C3CC3)coc2c1. The maximum Gasteiger partial charge on any atom is 0.335 e. The van der Waals surface area contributed by atoms with E-state index in [2.05, 4.69) is 0 Å². The van der Waals surface area contributed by atoms with Gasteiger partial charge in [0, 0.05) is 10.9 Å².